The van der Waals surface area contributed by atoms with E-state index in [1.807, 2.05) is 20.0 Å². The van der Waals surface area contributed by atoms with Crippen LogP contribution in [0.4, 0.5) is 0 Å². The second kappa shape index (κ2) is 5.48. The summed E-state index contributed by atoms with van der Waals surface area (Å²) in [5, 5.41) is 3.90. The Morgan fingerprint density at radius 3 is 2.95 bits per heavy atom. The fraction of sp³-hybridized carbons (Fsp3) is 0.667. The molecule has 4 rings (SSSR count). The van der Waals surface area contributed by atoms with Crippen molar-refractivity contribution in [2.24, 2.45) is 0 Å². The summed E-state index contributed by atoms with van der Waals surface area (Å²) in [6, 6.07) is -0.0637. The van der Waals surface area contributed by atoms with Gasteiger partial charge in [0.15, 0.2) is 5.82 Å². The lowest BCUT2D eigenvalue weighted by Gasteiger charge is -2.36. The quantitative estimate of drug-likeness (QED) is 0.857. The molecule has 7 heteroatoms. The van der Waals surface area contributed by atoms with E-state index >= 15 is 0 Å². The third-order valence-electron chi connectivity index (χ3n) is 4.28. The van der Waals surface area contributed by atoms with E-state index in [1.54, 1.807) is 0 Å². The fourth-order valence-electron chi connectivity index (χ4n) is 2.98. The summed E-state index contributed by atoms with van der Waals surface area (Å²) < 4.78 is 17.0. The number of hydrogen-bond acceptors (Lipinski definition) is 7. The summed E-state index contributed by atoms with van der Waals surface area (Å²) in [4.78, 5) is 11.0. The summed E-state index contributed by atoms with van der Waals surface area (Å²) in [7, 11) is 0. The maximum Gasteiger partial charge on any atom is 0.246 e. The summed E-state index contributed by atoms with van der Waals surface area (Å²) in [5.74, 6) is 3.58. The third-order valence-corrected chi connectivity index (χ3v) is 4.28. The highest BCUT2D eigenvalue weighted by Gasteiger charge is 2.36. The molecule has 22 heavy (non-hydrogen) atoms. The van der Waals surface area contributed by atoms with Gasteiger partial charge in [-0.3, -0.25) is 4.90 Å². The number of aromatic nitrogens is 3. The SMILES string of the molecule is Cc1noc([C@@H]2[C@@H](C)OCCN2Cc2ncc(C3CC3)o2)n1. The number of ether oxygens (including phenoxy) is 1. The van der Waals surface area contributed by atoms with E-state index in [2.05, 4.69) is 20.0 Å². The Morgan fingerprint density at radius 2 is 2.23 bits per heavy atom. The van der Waals surface area contributed by atoms with Crippen LogP contribution >= 0.6 is 0 Å². The predicted octanol–water partition coefficient (Wildman–Crippen LogP) is 2.21. The second-order valence-corrected chi connectivity index (χ2v) is 6.10. The number of nitrogens with zero attached hydrogens (tertiary/aromatic N) is 4. The second-order valence-electron chi connectivity index (χ2n) is 6.10. The summed E-state index contributed by atoms with van der Waals surface area (Å²) in [5.41, 5.74) is 0. The molecule has 0 aromatic carbocycles. The first-order valence-corrected chi connectivity index (χ1v) is 7.81. The van der Waals surface area contributed by atoms with Gasteiger partial charge in [0.25, 0.3) is 0 Å². The van der Waals surface area contributed by atoms with Crippen LogP contribution in [0.3, 0.4) is 0 Å². The molecule has 7 nitrogen and oxygen atoms in total. The molecule has 2 fully saturated rings. The van der Waals surface area contributed by atoms with E-state index in [9.17, 15) is 0 Å². The van der Waals surface area contributed by atoms with Crippen molar-refractivity contribution in [3.8, 4) is 0 Å². The Bertz CT molecular complexity index is 649. The number of morpholine rings is 1. The number of oxazole rings is 1. The maximum absolute atomic E-state index is 5.87. The minimum Gasteiger partial charge on any atom is -0.444 e. The summed E-state index contributed by atoms with van der Waals surface area (Å²) in [6.07, 6.45) is 4.29. The molecule has 0 spiro atoms. The minimum atomic E-state index is -0.0637. The normalized spacial score (nSPS) is 26.5. The molecule has 0 N–H and O–H groups in total. The van der Waals surface area contributed by atoms with Gasteiger partial charge in [0.1, 0.15) is 11.8 Å². The molecule has 1 aliphatic carbocycles. The van der Waals surface area contributed by atoms with Gasteiger partial charge >= 0.3 is 0 Å². The molecule has 0 radical (unpaired) electrons. The lowest BCUT2D eigenvalue weighted by molar-refractivity contribution is -0.0786. The van der Waals surface area contributed by atoms with Gasteiger partial charge in [0.05, 0.1) is 25.5 Å². The van der Waals surface area contributed by atoms with Gasteiger partial charge in [0, 0.05) is 12.5 Å². The topological polar surface area (TPSA) is 77.4 Å². The molecule has 2 aromatic heterocycles. The summed E-state index contributed by atoms with van der Waals surface area (Å²) in [6.45, 7) is 5.95. The third kappa shape index (κ3) is 2.66. The largest absolute Gasteiger partial charge is 0.444 e. The smallest absolute Gasteiger partial charge is 0.246 e. The van der Waals surface area contributed by atoms with Gasteiger partial charge in [-0.1, -0.05) is 5.16 Å². The van der Waals surface area contributed by atoms with E-state index in [4.69, 9.17) is 13.7 Å². The van der Waals surface area contributed by atoms with E-state index in [0.29, 0.717) is 30.8 Å². The molecular formula is C15H20N4O3. The highest BCUT2D eigenvalue weighted by molar-refractivity contribution is 5.09. The predicted molar refractivity (Wildman–Crippen MR) is 76.1 cm³/mol. The minimum absolute atomic E-state index is 0.00790. The Hall–Kier alpha value is -1.73. The van der Waals surface area contributed by atoms with Gasteiger partial charge < -0.3 is 13.7 Å². The van der Waals surface area contributed by atoms with Crippen molar-refractivity contribution in [2.75, 3.05) is 13.2 Å². The highest BCUT2D eigenvalue weighted by atomic mass is 16.5. The molecule has 2 aromatic rings. The van der Waals surface area contributed by atoms with Gasteiger partial charge in [0.2, 0.25) is 11.8 Å². The number of aryl methyl sites for hydroxylation is 1. The maximum atomic E-state index is 5.87. The van der Waals surface area contributed by atoms with Crippen molar-refractivity contribution in [3.63, 3.8) is 0 Å². The molecule has 1 saturated carbocycles. The van der Waals surface area contributed by atoms with Crippen LogP contribution in [0.2, 0.25) is 0 Å². The van der Waals surface area contributed by atoms with E-state index < -0.39 is 0 Å². The van der Waals surface area contributed by atoms with Crippen molar-refractivity contribution >= 4 is 0 Å². The van der Waals surface area contributed by atoms with Gasteiger partial charge in [-0.2, -0.15) is 4.98 Å². The van der Waals surface area contributed by atoms with Crippen LogP contribution in [0.5, 0.6) is 0 Å². The molecule has 0 unspecified atom stereocenters. The number of hydrogen-bond donors (Lipinski definition) is 0. The molecule has 1 aliphatic heterocycles. The zero-order valence-corrected chi connectivity index (χ0v) is 12.9. The summed E-state index contributed by atoms with van der Waals surface area (Å²) >= 11 is 0. The Labute approximate surface area is 128 Å². The van der Waals surface area contributed by atoms with Gasteiger partial charge in [-0.05, 0) is 26.7 Å². The van der Waals surface area contributed by atoms with Crippen LogP contribution in [0.15, 0.2) is 15.1 Å². The van der Waals surface area contributed by atoms with Crippen molar-refractivity contribution in [2.45, 2.75) is 51.3 Å². The molecule has 2 aliphatic rings. The zero-order chi connectivity index (χ0) is 15.1. The number of rotatable bonds is 4. The lowest BCUT2D eigenvalue weighted by Crippen LogP contribution is -2.43. The van der Waals surface area contributed by atoms with Gasteiger partial charge in [-0.15, -0.1) is 0 Å². The Balaban J connectivity index is 1.54. The van der Waals surface area contributed by atoms with Crippen LogP contribution in [-0.4, -0.2) is 39.3 Å². The van der Waals surface area contributed by atoms with E-state index in [-0.39, 0.29) is 12.1 Å². The molecule has 118 valence electrons. The average molecular weight is 304 g/mol. The van der Waals surface area contributed by atoms with Crippen LogP contribution in [0, 0.1) is 6.92 Å². The average Bonchev–Trinajstić information content (AvgIpc) is 3.10. The first kappa shape index (κ1) is 13.9. The van der Waals surface area contributed by atoms with Gasteiger partial charge in [-0.25, -0.2) is 4.98 Å². The molecular weight excluding hydrogens is 284 g/mol. The Kier molecular flexibility index (Phi) is 3.46. The molecule has 0 bridgehead atoms. The van der Waals surface area contributed by atoms with E-state index in [1.165, 1.54) is 12.8 Å². The first-order chi connectivity index (χ1) is 10.7. The standard InChI is InChI=1S/C15H20N4O3/c1-9-14(15-17-10(2)18-22-15)19(5-6-20-9)8-13-16-7-12(21-13)11-3-4-11/h7,9,11,14H,3-6,8H2,1-2H3/t9-,14+/m1/s1. The first-order valence-electron chi connectivity index (χ1n) is 7.81. The molecule has 1 saturated heterocycles. The molecule has 3 heterocycles. The van der Waals surface area contributed by atoms with Crippen molar-refractivity contribution in [1.29, 1.82) is 0 Å². The van der Waals surface area contributed by atoms with Crippen LogP contribution in [0.25, 0.3) is 0 Å². The van der Waals surface area contributed by atoms with Crippen LogP contribution in [-0.2, 0) is 11.3 Å². The molecule has 0 amide bonds. The monoisotopic (exact) mass is 304 g/mol. The van der Waals surface area contributed by atoms with Crippen molar-refractivity contribution < 1.29 is 13.7 Å². The van der Waals surface area contributed by atoms with E-state index in [0.717, 1.165) is 18.2 Å². The van der Waals surface area contributed by atoms with Crippen LogP contribution < -0.4 is 0 Å². The lowest BCUT2D eigenvalue weighted by atomic mass is 10.1. The molecule has 2 atom stereocenters. The van der Waals surface area contributed by atoms with Crippen LogP contribution in [0.1, 0.15) is 55.1 Å². The zero-order valence-electron chi connectivity index (χ0n) is 12.9. The van der Waals surface area contributed by atoms with Crippen molar-refractivity contribution in [1.82, 2.24) is 20.0 Å². The Morgan fingerprint density at radius 1 is 1.36 bits per heavy atom. The van der Waals surface area contributed by atoms with Crippen molar-refractivity contribution in [3.05, 3.63) is 29.6 Å². The fourth-order valence-corrected chi connectivity index (χ4v) is 2.98. The highest BCUT2D eigenvalue weighted by Crippen LogP contribution is 2.40.